The first kappa shape index (κ1) is 16.1. The van der Waals surface area contributed by atoms with Gasteiger partial charge in [0, 0.05) is 44.2 Å². The zero-order valence-electron chi connectivity index (χ0n) is 14.7. The van der Waals surface area contributed by atoms with E-state index in [0.29, 0.717) is 12.1 Å². The van der Waals surface area contributed by atoms with Crippen LogP contribution in [-0.4, -0.2) is 46.2 Å². The van der Waals surface area contributed by atoms with Crippen LogP contribution in [0, 0.1) is 5.82 Å². The minimum Gasteiger partial charge on any atom is -0.356 e. The number of rotatable bonds is 3. The Morgan fingerprint density at radius 1 is 1.00 bits per heavy atom. The van der Waals surface area contributed by atoms with E-state index in [4.69, 9.17) is 9.51 Å². The van der Waals surface area contributed by atoms with Gasteiger partial charge >= 0.3 is 0 Å². The van der Waals surface area contributed by atoms with Crippen molar-refractivity contribution in [2.75, 3.05) is 31.1 Å². The number of fused-ring (bicyclic) bond motifs is 2. The Bertz CT molecular complexity index is 1100. The molecule has 3 heterocycles. The van der Waals surface area contributed by atoms with Crippen LogP contribution in [0.25, 0.3) is 22.0 Å². The highest BCUT2D eigenvalue weighted by atomic mass is 19.1. The molecule has 7 heteroatoms. The summed E-state index contributed by atoms with van der Waals surface area (Å²) in [6.07, 6.45) is 1.84. The number of anilines is 1. The van der Waals surface area contributed by atoms with Crippen LogP contribution >= 0.6 is 0 Å². The molecular weight excluding hydrogens is 345 g/mol. The molecule has 0 aliphatic carbocycles. The molecule has 0 N–H and O–H groups in total. The number of hydrogen-bond donors (Lipinski definition) is 0. The average molecular weight is 363 g/mol. The third-order valence-electron chi connectivity index (χ3n) is 5.01. The highest BCUT2D eigenvalue weighted by Gasteiger charge is 2.20. The highest BCUT2D eigenvalue weighted by molar-refractivity contribution is 5.79. The Labute approximate surface area is 155 Å². The molecular formula is C20H18FN5O. The maximum atomic E-state index is 13.3. The maximum Gasteiger partial charge on any atom is 0.170 e. The van der Waals surface area contributed by atoms with Crippen molar-refractivity contribution in [3.63, 3.8) is 0 Å². The van der Waals surface area contributed by atoms with Gasteiger partial charge in [-0.1, -0.05) is 17.3 Å². The minimum atomic E-state index is -0.310. The van der Waals surface area contributed by atoms with Crippen LogP contribution in [0.5, 0.6) is 0 Å². The summed E-state index contributed by atoms with van der Waals surface area (Å²) in [7, 11) is 0. The van der Waals surface area contributed by atoms with Gasteiger partial charge in [0.05, 0.1) is 17.2 Å². The van der Waals surface area contributed by atoms with Crippen molar-refractivity contribution in [2.24, 2.45) is 0 Å². The van der Waals surface area contributed by atoms with E-state index in [0.717, 1.165) is 54.1 Å². The topological polar surface area (TPSA) is 58.3 Å². The van der Waals surface area contributed by atoms with E-state index in [1.807, 2.05) is 30.5 Å². The predicted octanol–water partition coefficient (Wildman–Crippen LogP) is 3.23. The van der Waals surface area contributed by atoms with Crippen LogP contribution in [0.1, 0.15) is 5.69 Å². The van der Waals surface area contributed by atoms with Gasteiger partial charge in [-0.15, -0.1) is 0 Å². The van der Waals surface area contributed by atoms with E-state index in [1.54, 1.807) is 6.07 Å². The third-order valence-corrected chi connectivity index (χ3v) is 5.01. The molecule has 0 spiro atoms. The van der Waals surface area contributed by atoms with Crippen molar-refractivity contribution in [3.05, 3.63) is 60.2 Å². The van der Waals surface area contributed by atoms with Crippen molar-refractivity contribution < 1.29 is 8.91 Å². The maximum absolute atomic E-state index is 13.3. The van der Waals surface area contributed by atoms with Gasteiger partial charge in [0.25, 0.3) is 0 Å². The van der Waals surface area contributed by atoms with Gasteiger partial charge in [-0.05, 0) is 24.3 Å². The molecule has 6 nitrogen and oxygen atoms in total. The number of benzene rings is 2. The Balaban J connectivity index is 1.28. The van der Waals surface area contributed by atoms with Gasteiger partial charge < -0.3 is 9.42 Å². The van der Waals surface area contributed by atoms with Crippen molar-refractivity contribution in [1.29, 1.82) is 0 Å². The number of halogens is 1. The summed E-state index contributed by atoms with van der Waals surface area (Å²) in [6, 6.07) is 12.5. The highest BCUT2D eigenvalue weighted by Crippen LogP contribution is 2.22. The molecule has 1 aliphatic heterocycles. The molecule has 0 atom stereocenters. The van der Waals surface area contributed by atoms with E-state index in [9.17, 15) is 4.39 Å². The van der Waals surface area contributed by atoms with E-state index in [2.05, 4.69) is 19.9 Å². The van der Waals surface area contributed by atoms with Crippen LogP contribution < -0.4 is 4.90 Å². The first-order chi connectivity index (χ1) is 13.3. The lowest BCUT2D eigenvalue weighted by Crippen LogP contribution is -2.46. The number of piperazine rings is 1. The first-order valence-corrected chi connectivity index (χ1v) is 8.99. The lowest BCUT2D eigenvalue weighted by Gasteiger charge is -2.34. The lowest BCUT2D eigenvalue weighted by molar-refractivity contribution is 0.243. The van der Waals surface area contributed by atoms with Crippen molar-refractivity contribution in [3.8, 4) is 0 Å². The molecule has 0 unspecified atom stereocenters. The van der Waals surface area contributed by atoms with Crippen molar-refractivity contribution >= 4 is 27.8 Å². The summed E-state index contributed by atoms with van der Waals surface area (Å²) in [4.78, 5) is 13.8. The van der Waals surface area contributed by atoms with Crippen LogP contribution in [0.2, 0.25) is 0 Å². The fourth-order valence-corrected chi connectivity index (χ4v) is 3.52. The SMILES string of the molecule is Fc1ccc2c(CN3CCN(c4cnc5ccccc5n4)CC3)noc2c1. The second-order valence-electron chi connectivity index (χ2n) is 6.75. The quantitative estimate of drug-likeness (QED) is 0.557. The molecule has 4 aromatic rings. The Hall–Kier alpha value is -3.06. The predicted molar refractivity (Wildman–Crippen MR) is 101 cm³/mol. The van der Waals surface area contributed by atoms with Gasteiger partial charge in [-0.3, -0.25) is 9.88 Å². The molecule has 2 aromatic heterocycles. The second kappa shape index (κ2) is 6.59. The molecule has 0 bridgehead atoms. The number of nitrogens with zero attached hydrogens (tertiary/aromatic N) is 5. The molecule has 136 valence electrons. The Morgan fingerprint density at radius 2 is 1.81 bits per heavy atom. The van der Waals surface area contributed by atoms with Crippen molar-refractivity contribution in [1.82, 2.24) is 20.0 Å². The van der Waals surface area contributed by atoms with Crippen LogP contribution in [0.3, 0.4) is 0 Å². The number of hydrogen-bond acceptors (Lipinski definition) is 6. The van der Waals surface area contributed by atoms with Gasteiger partial charge in [0.15, 0.2) is 5.58 Å². The van der Waals surface area contributed by atoms with E-state index >= 15 is 0 Å². The van der Waals surface area contributed by atoms with Crippen LogP contribution in [0.15, 0.2) is 53.2 Å². The smallest absolute Gasteiger partial charge is 0.170 e. The zero-order chi connectivity index (χ0) is 18.2. The molecule has 2 aromatic carbocycles. The van der Waals surface area contributed by atoms with Crippen LogP contribution in [-0.2, 0) is 6.54 Å². The number of aromatic nitrogens is 3. The lowest BCUT2D eigenvalue weighted by atomic mass is 10.2. The summed E-state index contributed by atoms with van der Waals surface area (Å²) < 4.78 is 18.5. The summed E-state index contributed by atoms with van der Waals surface area (Å²) in [5.41, 5.74) is 3.17. The Morgan fingerprint density at radius 3 is 2.67 bits per heavy atom. The average Bonchev–Trinajstić information content (AvgIpc) is 3.10. The normalized spacial score (nSPS) is 15.7. The molecule has 0 saturated carbocycles. The third kappa shape index (κ3) is 3.10. The van der Waals surface area contributed by atoms with E-state index in [-0.39, 0.29) is 5.82 Å². The van der Waals surface area contributed by atoms with Gasteiger partial charge in [0.1, 0.15) is 17.3 Å². The summed E-state index contributed by atoms with van der Waals surface area (Å²) in [5, 5.41) is 5.00. The van der Waals surface area contributed by atoms with Gasteiger partial charge in [-0.2, -0.15) is 0 Å². The van der Waals surface area contributed by atoms with E-state index < -0.39 is 0 Å². The van der Waals surface area contributed by atoms with Gasteiger partial charge in [0.2, 0.25) is 0 Å². The molecule has 1 saturated heterocycles. The Kier molecular flexibility index (Phi) is 3.94. The summed E-state index contributed by atoms with van der Waals surface area (Å²) >= 11 is 0. The summed E-state index contributed by atoms with van der Waals surface area (Å²) in [5.74, 6) is 0.603. The molecule has 27 heavy (non-hydrogen) atoms. The molecule has 0 amide bonds. The number of para-hydroxylation sites is 2. The van der Waals surface area contributed by atoms with Gasteiger partial charge in [-0.25, -0.2) is 9.37 Å². The minimum absolute atomic E-state index is 0.310. The first-order valence-electron chi connectivity index (χ1n) is 8.99. The summed E-state index contributed by atoms with van der Waals surface area (Å²) in [6.45, 7) is 4.22. The largest absolute Gasteiger partial charge is 0.356 e. The molecule has 0 radical (unpaired) electrons. The second-order valence-corrected chi connectivity index (χ2v) is 6.75. The van der Waals surface area contributed by atoms with Crippen molar-refractivity contribution in [2.45, 2.75) is 6.54 Å². The fraction of sp³-hybridized carbons (Fsp3) is 0.250. The van der Waals surface area contributed by atoms with E-state index in [1.165, 1.54) is 12.1 Å². The molecule has 1 fully saturated rings. The standard InChI is InChI=1S/C20H18FN5O/c21-14-5-6-15-18(24-27-19(15)11-14)13-25-7-9-26(10-8-25)20-12-22-16-3-1-2-4-17(16)23-20/h1-6,11-12H,7-10,13H2. The van der Waals surface area contributed by atoms with Crippen LogP contribution in [0.4, 0.5) is 10.2 Å². The molecule has 1 aliphatic rings. The zero-order valence-corrected chi connectivity index (χ0v) is 14.7. The fourth-order valence-electron chi connectivity index (χ4n) is 3.52. The monoisotopic (exact) mass is 363 g/mol. The molecule has 5 rings (SSSR count).